The van der Waals surface area contributed by atoms with E-state index in [1.807, 2.05) is 68.4 Å². The van der Waals surface area contributed by atoms with E-state index in [2.05, 4.69) is 5.32 Å². The van der Waals surface area contributed by atoms with Crippen molar-refractivity contribution in [3.8, 4) is 11.5 Å². The van der Waals surface area contributed by atoms with Crippen LogP contribution in [-0.2, 0) is 4.79 Å². The van der Waals surface area contributed by atoms with Crippen molar-refractivity contribution >= 4 is 28.3 Å². The summed E-state index contributed by atoms with van der Waals surface area (Å²) in [5.41, 5.74) is 2.23. The van der Waals surface area contributed by atoms with Gasteiger partial charge in [0.15, 0.2) is 0 Å². The lowest BCUT2D eigenvalue weighted by Gasteiger charge is -2.38. The number of rotatable bonds is 6. The summed E-state index contributed by atoms with van der Waals surface area (Å²) in [6.07, 6.45) is 1.61. The zero-order chi connectivity index (χ0) is 23.2. The maximum atomic E-state index is 12.9. The predicted molar refractivity (Wildman–Crippen MR) is 128 cm³/mol. The third-order valence-electron chi connectivity index (χ3n) is 6.45. The van der Waals surface area contributed by atoms with Crippen molar-refractivity contribution < 1.29 is 19.1 Å². The largest absolute Gasteiger partial charge is 0.497 e. The topological polar surface area (TPSA) is 67.9 Å². The Morgan fingerprint density at radius 2 is 1.97 bits per heavy atom. The summed E-state index contributed by atoms with van der Waals surface area (Å²) in [4.78, 5) is 27.6. The van der Waals surface area contributed by atoms with E-state index in [1.165, 1.54) is 0 Å². The molecule has 33 heavy (non-hydrogen) atoms. The van der Waals surface area contributed by atoms with E-state index < -0.39 is 5.60 Å². The number of fused-ring (bicyclic) bond motifs is 1. The normalized spacial score (nSPS) is 18.1. The average Bonchev–Trinajstić information content (AvgIpc) is 3.06. The third kappa shape index (κ3) is 3.90. The Bertz CT molecular complexity index is 1240. The zero-order valence-corrected chi connectivity index (χ0v) is 19.2. The van der Waals surface area contributed by atoms with Gasteiger partial charge in [0, 0.05) is 42.0 Å². The number of hydrogen-bond donors (Lipinski definition) is 1. The molecule has 2 aliphatic heterocycles. The lowest BCUT2D eigenvalue weighted by atomic mass is 9.89. The van der Waals surface area contributed by atoms with Gasteiger partial charge < -0.3 is 19.7 Å². The maximum Gasteiger partial charge on any atom is 0.258 e. The van der Waals surface area contributed by atoms with Gasteiger partial charge in [-0.25, -0.2) is 0 Å². The highest BCUT2D eigenvalue weighted by Gasteiger charge is 2.35. The number of nitrogens with one attached hydrogen (secondary N) is 1. The van der Waals surface area contributed by atoms with Gasteiger partial charge in [0.25, 0.3) is 5.91 Å². The van der Waals surface area contributed by atoms with Gasteiger partial charge in [0.05, 0.1) is 18.8 Å². The number of carbonyl (C=O) groups excluding carboxylic acids is 2. The second kappa shape index (κ2) is 8.10. The summed E-state index contributed by atoms with van der Waals surface area (Å²) >= 11 is 0. The molecule has 170 valence electrons. The van der Waals surface area contributed by atoms with E-state index in [1.54, 1.807) is 12.0 Å². The first-order valence-electron chi connectivity index (χ1n) is 11.4. The van der Waals surface area contributed by atoms with E-state index in [0.29, 0.717) is 25.8 Å². The molecule has 0 bridgehead atoms. The van der Waals surface area contributed by atoms with Crippen LogP contribution in [0.2, 0.25) is 0 Å². The van der Waals surface area contributed by atoms with Crippen LogP contribution in [0.15, 0.2) is 54.6 Å². The molecule has 3 aromatic carbocycles. The van der Waals surface area contributed by atoms with Crippen LogP contribution in [0.3, 0.4) is 0 Å². The molecule has 3 aromatic rings. The molecule has 6 heteroatoms. The van der Waals surface area contributed by atoms with Crippen molar-refractivity contribution in [2.24, 2.45) is 0 Å². The minimum Gasteiger partial charge on any atom is -0.497 e. The van der Waals surface area contributed by atoms with Crippen LogP contribution in [0.5, 0.6) is 11.5 Å². The first-order valence-corrected chi connectivity index (χ1v) is 11.4. The summed E-state index contributed by atoms with van der Waals surface area (Å²) in [7, 11) is 1.62. The van der Waals surface area contributed by atoms with E-state index >= 15 is 0 Å². The van der Waals surface area contributed by atoms with Crippen LogP contribution in [0.4, 0.5) is 5.69 Å². The van der Waals surface area contributed by atoms with Crippen molar-refractivity contribution in [3.63, 3.8) is 0 Å². The molecule has 0 aliphatic carbocycles. The molecule has 5 rings (SSSR count). The lowest BCUT2D eigenvalue weighted by Crippen LogP contribution is -2.41. The Kier molecular flexibility index (Phi) is 5.23. The smallest absolute Gasteiger partial charge is 0.258 e. The van der Waals surface area contributed by atoms with E-state index in [4.69, 9.17) is 9.47 Å². The first-order chi connectivity index (χ1) is 15.9. The maximum absolute atomic E-state index is 12.9. The highest BCUT2D eigenvalue weighted by atomic mass is 16.5. The first kappa shape index (κ1) is 21.3. The van der Waals surface area contributed by atoms with Crippen LogP contribution in [0, 0.1) is 0 Å². The molecule has 0 radical (unpaired) electrons. The Morgan fingerprint density at radius 3 is 2.76 bits per heavy atom. The van der Waals surface area contributed by atoms with Crippen molar-refractivity contribution in [2.45, 2.75) is 44.8 Å². The number of amides is 2. The Balaban J connectivity index is 1.24. The van der Waals surface area contributed by atoms with Gasteiger partial charge in [-0.05, 0) is 49.9 Å². The SMILES string of the molecule is COc1ccc2c(c1)OC(C)(C)C[C@H]2NC(=O)CCCN1C(=O)c2cccc3cccc1c23. The standard InChI is InChI=1S/C27H28N2O4/c1-27(2)16-21(19-13-12-18(32-3)15-23(19)33-27)28-24(30)11-6-14-29-22-10-5-8-17-7-4-9-20(25(17)22)26(29)31/h4-5,7-10,12-13,15,21H,6,11,14,16H2,1-3H3,(H,28,30)/t21-/m1/s1. The fraction of sp³-hybridized carbons (Fsp3) is 0.333. The second-order valence-corrected chi connectivity index (χ2v) is 9.33. The van der Waals surface area contributed by atoms with Crippen molar-refractivity contribution in [3.05, 3.63) is 65.7 Å². The molecule has 6 nitrogen and oxygen atoms in total. The molecule has 0 saturated carbocycles. The minimum absolute atomic E-state index is 0.0104. The number of methoxy groups -OCH3 is 1. The number of carbonyl (C=O) groups is 2. The highest BCUT2D eigenvalue weighted by Crippen LogP contribution is 2.41. The zero-order valence-electron chi connectivity index (χ0n) is 19.2. The average molecular weight is 445 g/mol. The monoisotopic (exact) mass is 444 g/mol. The Morgan fingerprint density at radius 1 is 1.18 bits per heavy atom. The molecular formula is C27H28N2O4. The van der Waals surface area contributed by atoms with E-state index in [0.717, 1.165) is 39.1 Å². The van der Waals surface area contributed by atoms with Crippen LogP contribution >= 0.6 is 0 Å². The van der Waals surface area contributed by atoms with Gasteiger partial charge in [-0.2, -0.15) is 0 Å². The molecular weight excluding hydrogens is 416 g/mol. The van der Waals surface area contributed by atoms with Gasteiger partial charge in [-0.3, -0.25) is 9.59 Å². The molecule has 0 aromatic heterocycles. The van der Waals surface area contributed by atoms with Crippen molar-refractivity contribution in [1.29, 1.82) is 0 Å². The van der Waals surface area contributed by atoms with E-state index in [9.17, 15) is 9.59 Å². The fourth-order valence-electron chi connectivity index (χ4n) is 4.95. The van der Waals surface area contributed by atoms with Crippen molar-refractivity contribution in [1.82, 2.24) is 5.32 Å². The predicted octanol–water partition coefficient (Wildman–Crippen LogP) is 5.01. The van der Waals surface area contributed by atoms with Crippen LogP contribution in [0.25, 0.3) is 10.8 Å². The summed E-state index contributed by atoms with van der Waals surface area (Å²) in [5.74, 6) is 1.45. The summed E-state index contributed by atoms with van der Waals surface area (Å²) in [5, 5.41) is 5.25. The molecule has 1 atom stereocenters. The van der Waals surface area contributed by atoms with Crippen LogP contribution < -0.4 is 19.7 Å². The van der Waals surface area contributed by atoms with Gasteiger partial charge in [-0.1, -0.05) is 24.3 Å². The molecule has 0 unspecified atom stereocenters. The second-order valence-electron chi connectivity index (χ2n) is 9.33. The molecule has 2 amide bonds. The number of nitrogens with zero attached hydrogens (tertiary/aromatic N) is 1. The van der Waals surface area contributed by atoms with Gasteiger partial charge >= 0.3 is 0 Å². The third-order valence-corrected chi connectivity index (χ3v) is 6.45. The summed E-state index contributed by atoms with van der Waals surface area (Å²) < 4.78 is 11.4. The Hall–Kier alpha value is -3.54. The number of benzene rings is 3. The highest BCUT2D eigenvalue weighted by molar-refractivity contribution is 6.25. The number of anilines is 1. The summed E-state index contributed by atoms with van der Waals surface area (Å²) in [6.45, 7) is 4.55. The van der Waals surface area contributed by atoms with Gasteiger partial charge in [0.1, 0.15) is 17.1 Å². The quantitative estimate of drug-likeness (QED) is 0.581. The molecule has 2 heterocycles. The van der Waals surface area contributed by atoms with Gasteiger partial charge in [0.2, 0.25) is 5.91 Å². The number of hydrogen-bond acceptors (Lipinski definition) is 4. The lowest BCUT2D eigenvalue weighted by molar-refractivity contribution is -0.122. The summed E-state index contributed by atoms with van der Waals surface area (Å²) in [6, 6.07) is 17.4. The Labute approximate surface area is 193 Å². The molecule has 0 spiro atoms. The molecule has 0 saturated heterocycles. The molecule has 2 aliphatic rings. The van der Waals surface area contributed by atoms with E-state index in [-0.39, 0.29) is 17.9 Å². The molecule has 0 fully saturated rings. The van der Waals surface area contributed by atoms with Crippen LogP contribution in [-0.4, -0.2) is 31.1 Å². The number of ether oxygens (including phenoxy) is 2. The van der Waals surface area contributed by atoms with Crippen LogP contribution in [0.1, 0.15) is 55.1 Å². The minimum atomic E-state index is -0.399. The van der Waals surface area contributed by atoms with Crippen molar-refractivity contribution in [2.75, 3.05) is 18.6 Å². The fourth-order valence-corrected chi connectivity index (χ4v) is 4.95. The van der Waals surface area contributed by atoms with Gasteiger partial charge in [-0.15, -0.1) is 0 Å². The molecule has 1 N–H and O–H groups in total.